The number of carbonyl (C=O) groups excluding carboxylic acids is 2. The third kappa shape index (κ3) is 4.09. The highest BCUT2D eigenvalue weighted by atomic mass is 35.5. The lowest BCUT2D eigenvalue weighted by Crippen LogP contribution is -1.99. The summed E-state index contributed by atoms with van der Waals surface area (Å²) in [5, 5.41) is 0.587. The molecule has 2 nitrogen and oxygen atoms in total. The van der Waals surface area contributed by atoms with Crippen LogP contribution in [0.4, 0.5) is 0 Å². The molecule has 0 aliphatic rings. The molecule has 0 amide bonds. The van der Waals surface area contributed by atoms with Crippen LogP contribution in [0.25, 0.3) is 6.08 Å². The fourth-order valence-electron chi connectivity index (χ4n) is 1.10. The van der Waals surface area contributed by atoms with Crippen molar-refractivity contribution in [1.82, 2.24) is 0 Å². The van der Waals surface area contributed by atoms with Crippen LogP contribution in [-0.2, 0) is 9.59 Å². The Morgan fingerprint density at radius 2 is 2.00 bits per heavy atom. The normalized spacial score (nSPS) is 10.5. The van der Waals surface area contributed by atoms with Gasteiger partial charge >= 0.3 is 0 Å². The molecule has 0 fully saturated rings. The first-order valence-corrected chi connectivity index (χ1v) is 4.92. The van der Waals surface area contributed by atoms with E-state index in [1.54, 1.807) is 18.2 Å². The summed E-state index contributed by atoms with van der Waals surface area (Å²) < 4.78 is 0. The maximum absolute atomic E-state index is 11.2. The molecule has 3 heteroatoms. The van der Waals surface area contributed by atoms with Crippen LogP contribution in [-0.4, -0.2) is 11.6 Å². The molecule has 0 radical (unpaired) electrons. The molecule has 1 rings (SSSR count). The van der Waals surface area contributed by atoms with Crippen molar-refractivity contribution in [2.24, 2.45) is 0 Å². The van der Waals surface area contributed by atoms with Crippen molar-refractivity contribution in [3.05, 3.63) is 40.9 Å². The Balaban J connectivity index is 2.70. The van der Waals surface area contributed by atoms with Gasteiger partial charge in [-0.3, -0.25) is 9.59 Å². The van der Waals surface area contributed by atoms with Gasteiger partial charge in [-0.05, 0) is 30.7 Å². The van der Waals surface area contributed by atoms with Gasteiger partial charge in [0.2, 0.25) is 0 Å². The number of benzene rings is 1. The van der Waals surface area contributed by atoms with Gasteiger partial charge in [0.05, 0.1) is 6.42 Å². The largest absolute Gasteiger partial charge is 0.300 e. The van der Waals surface area contributed by atoms with Crippen LogP contribution in [0.5, 0.6) is 0 Å². The van der Waals surface area contributed by atoms with Crippen LogP contribution in [0.3, 0.4) is 0 Å². The van der Waals surface area contributed by atoms with Crippen LogP contribution in [0.2, 0.25) is 5.02 Å². The van der Waals surface area contributed by atoms with Crippen molar-refractivity contribution in [3.63, 3.8) is 0 Å². The van der Waals surface area contributed by atoms with E-state index >= 15 is 0 Å². The molecule has 0 saturated carbocycles. The first-order chi connectivity index (χ1) is 7.09. The molecule has 78 valence electrons. The third-order valence-corrected chi connectivity index (χ3v) is 2.12. The molecule has 0 aromatic heterocycles. The predicted octanol–water partition coefficient (Wildman–Crippen LogP) is 2.90. The summed E-state index contributed by atoms with van der Waals surface area (Å²) in [4.78, 5) is 21.8. The zero-order valence-corrected chi connectivity index (χ0v) is 9.12. The Hall–Kier alpha value is -1.41. The molecular formula is C12H11ClO2. The fourth-order valence-corrected chi connectivity index (χ4v) is 1.30. The lowest BCUT2D eigenvalue weighted by molar-refractivity contribution is -0.123. The zero-order valence-electron chi connectivity index (χ0n) is 8.37. The molecular weight excluding hydrogens is 212 g/mol. The van der Waals surface area contributed by atoms with E-state index in [0.717, 1.165) is 5.56 Å². The van der Waals surface area contributed by atoms with Gasteiger partial charge in [0.25, 0.3) is 0 Å². The fraction of sp³-hybridized carbons (Fsp3) is 0.167. The molecule has 1 aromatic carbocycles. The van der Waals surface area contributed by atoms with Crippen LogP contribution in [0.15, 0.2) is 30.3 Å². The van der Waals surface area contributed by atoms with Crippen molar-refractivity contribution in [3.8, 4) is 0 Å². The first-order valence-electron chi connectivity index (χ1n) is 4.54. The second-order valence-electron chi connectivity index (χ2n) is 3.20. The molecule has 0 unspecified atom stereocenters. The molecule has 0 bridgehead atoms. The summed E-state index contributed by atoms with van der Waals surface area (Å²) in [6.45, 7) is 1.39. The number of ketones is 2. The van der Waals surface area contributed by atoms with Crippen LogP contribution in [0.1, 0.15) is 18.9 Å². The number of hydrogen-bond donors (Lipinski definition) is 0. The second kappa shape index (κ2) is 5.47. The van der Waals surface area contributed by atoms with E-state index in [1.165, 1.54) is 13.0 Å². The smallest absolute Gasteiger partial charge is 0.163 e. The van der Waals surface area contributed by atoms with Crippen molar-refractivity contribution in [2.75, 3.05) is 0 Å². The van der Waals surface area contributed by atoms with Crippen molar-refractivity contribution in [2.45, 2.75) is 13.3 Å². The standard InChI is InChI=1S/C12H11ClO2/c1-9(14)8-11(15)7-6-10-4-2-3-5-12(10)13/h2-7H,8H2,1H3. The summed E-state index contributed by atoms with van der Waals surface area (Å²) in [7, 11) is 0. The molecule has 0 aliphatic heterocycles. The Labute approximate surface area is 93.6 Å². The van der Waals surface area contributed by atoms with Crippen molar-refractivity contribution < 1.29 is 9.59 Å². The Kier molecular flexibility index (Phi) is 4.25. The minimum Gasteiger partial charge on any atom is -0.300 e. The van der Waals surface area contributed by atoms with Gasteiger partial charge < -0.3 is 0 Å². The van der Waals surface area contributed by atoms with E-state index in [1.807, 2.05) is 12.1 Å². The van der Waals surface area contributed by atoms with E-state index in [9.17, 15) is 9.59 Å². The number of hydrogen-bond acceptors (Lipinski definition) is 2. The molecule has 0 atom stereocenters. The third-order valence-electron chi connectivity index (χ3n) is 1.78. The Morgan fingerprint density at radius 3 is 2.60 bits per heavy atom. The van der Waals surface area contributed by atoms with Crippen molar-refractivity contribution in [1.29, 1.82) is 0 Å². The van der Waals surface area contributed by atoms with Gasteiger partial charge in [-0.25, -0.2) is 0 Å². The summed E-state index contributed by atoms with van der Waals surface area (Å²) >= 11 is 5.88. The van der Waals surface area contributed by atoms with E-state index in [4.69, 9.17) is 11.6 Å². The van der Waals surface area contributed by atoms with Crippen LogP contribution < -0.4 is 0 Å². The van der Waals surface area contributed by atoms with E-state index in [0.29, 0.717) is 5.02 Å². The highest BCUT2D eigenvalue weighted by Crippen LogP contribution is 2.16. The average molecular weight is 223 g/mol. The maximum atomic E-state index is 11.2. The summed E-state index contributed by atoms with van der Waals surface area (Å²) in [5.74, 6) is -0.341. The molecule has 0 spiro atoms. The lowest BCUT2D eigenvalue weighted by atomic mass is 10.1. The van der Waals surface area contributed by atoms with Crippen molar-refractivity contribution >= 4 is 29.2 Å². The van der Waals surface area contributed by atoms with Gasteiger partial charge in [0.15, 0.2) is 5.78 Å². The first kappa shape index (κ1) is 11.7. The number of rotatable bonds is 4. The summed E-state index contributed by atoms with van der Waals surface area (Å²) in [5.41, 5.74) is 0.774. The topological polar surface area (TPSA) is 34.1 Å². The van der Waals surface area contributed by atoms with Gasteiger partial charge in [-0.2, -0.15) is 0 Å². The minimum atomic E-state index is -0.206. The Bertz CT molecular complexity index is 408. The van der Waals surface area contributed by atoms with Gasteiger partial charge in [0, 0.05) is 5.02 Å². The highest BCUT2D eigenvalue weighted by molar-refractivity contribution is 6.32. The van der Waals surface area contributed by atoms with Gasteiger partial charge in [-0.1, -0.05) is 29.8 Å². The maximum Gasteiger partial charge on any atom is 0.163 e. The Morgan fingerprint density at radius 1 is 1.33 bits per heavy atom. The number of carbonyl (C=O) groups is 2. The average Bonchev–Trinajstić information content (AvgIpc) is 2.15. The van der Waals surface area contributed by atoms with Gasteiger partial charge in [-0.15, -0.1) is 0 Å². The number of halogens is 1. The van der Waals surface area contributed by atoms with Gasteiger partial charge in [0.1, 0.15) is 5.78 Å². The minimum absolute atomic E-state index is 0.0546. The van der Waals surface area contributed by atoms with Crippen LogP contribution >= 0.6 is 11.6 Å². The predicted molar refractivity (Wildman–Crippen MR) is 60.8 cm³/mol. The second-order valence-corrected chi connectivity index (χ2v) is 3.61. The monoisotopic (exact) mass is 222 g/mol. The molecule has 0 saturated heterocycles. The van der Waals surface area contributed by atoms with Crippen LogP contribution in [0, 0.1) is 0 Å². The number of Topliss-reactive ketones (excluding diaryl/α,β-unsaturated/α-hetero) is 1. The van der Waals surface area contributed by atoms with E-state index in [2.05, 4.69) is 0 Å². The van der Waals surface area contributed by atoms with E-state index < -0.39 is 0 Å². The summed E-state index contributed by atoms with van der Waals surface area (Å²) in [6, 6.07) is 7.20. The molecule has 15 heavy (non-hydrogen) atoms. The molecule has 0 aliphatic carbocycles. The highest BCUT2D eigenvalue weighted by Gasteiger charge is 2.01. The molecule has 0 N–H and O–H groups in total. The SMILES string of the molecule is CC(=O)CC(=O)C=Cc1ccccc1Cl. The molecule has 1 aromatic rings. The van der Waals surface area contributed by atoms with E-state index in [-0.39, 0.29) is 18.0 Å². The lowest BCUT2D eigenvalue weighted by Gasteiger charge is -1.95. The number of allylic oxidation sites excluding steroid dienone is 1. The quantitative estimate of drug-likeness (QED) is 0.580. The summed E-state index contributed by atoms with van der Waals surface area (Å²) in [6.07, 6.45) is 2.94. The zero-order chi connectivity index (χ0) is 11.3. The molecule has 0 heterocycles.